The van der Waals surface area contributed by atoms with E-state index in [0.29, 0.717) is 24.7 Å². The number of carbonyl (C=O) groups excluding carboxylic acids is 1. The molecular weight excluding hydrogens is 240 g/mol. The van der Waals surface area contributed by atoms with Crippen LogP contribution in [-0.2, 0) is 0 Å². The van der Waals surface area contributed by atoms with Crippen molar-refractivity contribution in [2.24, 2.45) is 0 Å². The molecule has 0 heterocycles. The summed E-state index contributed by atoms with van der Waals surface area (Å²) in [7, 11) is 0. The molecule has 1 aromatic rings. The lowest BCUT2D eigenvalue weighted by atomic mass is 10.3. The van der Waals surface area contributed by atoms with Crippen molar-refractivity contribution >= 4 is 17.6 Å². The van der Waals surface area contributed by atoms with E-state index < -0.39 is 0 Å². The minimum Gasteiger partial charge on any atom is -0.492 e. The van der Waals surface area contributed by atoms with Crippen molar-refractivity contribution in [1.82, 2.24) is 10.6 Å². The monoisotopic (exact) mass is 254 g/mol. The molecule has 0 saturated carbocycles. The Kier molecular flexibility index (Phi) is 5.96. The molecule has 2 N–H and O–H groups in total. The van der Waals surface area contributed by atoms with Gasteiger partial charge in [-0.1, -0.05) is 17.7 Å². The molecule has 0 aliphatic rings. The van der Waals surface area contributed by atoms with Crippen LogP contribution in [0.25, 0.3) is 0 Å². The highest BCUT2D eigenvalue weighted by molar-refractivity contribution is 6.30. The average molecular weight is 255 g/mol. The second-order valence-electron chi connectivity index (χ2n) is 3.23. The number of carbonyl (C=O) groups is 1. The lowest BCUT2D eigenvalue weighted by Crippen LogP contribution is -2.37. The Balaban J connectivity index is 2.13. The number of nitrogens with one attached hydrogen (secondary N) is 2. The maximum Gasteiger partial charge on any atom is 0.315 e. The molecule has 92 valence electrons. The molecule has 0 aliphatic carbocycles. The number of urea groups is 1. The van der Waals surface area contributed by atoms with Crippen LogP contribution in [-0.4, -0.2) is 25.7 Å². The van der Waals surface area contributed by atoms with Gasteiger partial charge in [-0.2, -0.15) is 0 Å². The van der Waals surface area contributed by atoms with Gasteiger partial charge < -0.3 is 15.4 Å². The first-order valence-electron chi connectivity index (χ1n) is 5.23. The molecule has 0 radical (unpaired) electrons. The van der Waals surface area contributed by atoms with Crippen LogP contribution in [0, 0.1) is 0 Å². The lowest BCUT2D eigenvalue weighted by molar-refractivity contribution is 0.237. The lowest BCUT2D eigenvalue weighted by Gasteiger charge is -2.08. The second-order valence-corrected chi connectivity index (χ2v) is 3.66. The first-order chi connectivity index (χ1) is 8.22. The summed E-state index contributed by atoms with van der Waals surface area (Å²) in [5, 5.41) is 5.91. The van der Waals surface area contributed by atoms with Gasteiger partial charge in [0.1, 0.15) is 12.4 Å². The highest BCUT2D eigenvalue weighted by Gasteiger charge is 1.97. The number of hydrogen-bond donors (Lipinski definition) is 2. The van der Waals surface area contributed by atoms with E-state index in [2.05, 4.69) is 17.2 Å². The Bertz CT molecular complexity index is 365. The fourth-order valence-corrected chi connectivity index (χ4v) is 1.22. The number of benzene rings is 1. The third-order valence-electron chi connectivity index (χ3n) is 1.88. The summed E-state index contributed by atoms with van der Waals surface area (Å²) >= 11 is 5.73. The van der Waals surface area contributed by atoms with Crippen LogP contribution in [0.1, 0.15) is 0 Å². The smallest absolute Gasteiger partial charge is 0.315 e. The van der Waals surface area contributed by atoms with Gasteiger partial charge in [0.15, 0.2) is 0 Å². The van der Waals surface area contributed by atoms with E-state index in [1.807, 2.05) is 0 Å². The fraction of sp³-hybridized carbons (Fsp3) is 0.250. The van der Waals surface area contributed by atoms with Gasteiger partial charge in [0.05, 0.1) is 6.54 Å². The topological polar surface area (TPSA) is 50.4 Å². The Morgan fingerprint density at radius 1 is 1.35 bits per heavy atom. The van der Waals surface area contributed by atoms with Crippen molar-refractivity contribution < 1.29 is 9.53 Å². The van der Waals surface area contributed by atoms with E-state index >= 15 is 0 Å². The molecule has 5 heteroatoms. The highest BCUT2D eigenvalue weighted by Crippen LogP contribution is 2.14. The van der Waals surface area contributed by atoms with Gasteiger partial charge >= 0.3 is 6.03 Å². The Labute approximate surface area is 106 Å². The predicted octanol–water partition coefficient (Wildman–Crippen LogP) is 2.20. The van der Waals surface area contributed by atoms with Gasteiger partial charge in [-0.05, 0) is 24.3 Å². The first kappa shape index (κ1) is 13.4. The van der Waals surface area contributed by atoms with E-state index in [4.69, 9.17) is 16.3 Å². The van der Waals surface area contributed by atoms with Gasteiger partial charge in [0.2, 0.25) is 0 Å². The third-order valence-corrected chi connectivity index (χ3v) is 2.13. The standard InChI is InChI=1S/C12H15ClN2O2/c1-2-7-14-12(16)15-8-9-17-11-5-3-10(13)4-6-11/h2-6H,1,7-9H2,(H2,14,15,16). The van der Waals surface area contributed by atoms with Crippen LogP contribution in [0.15, 0.2) is 36.9 Å². The maximum atomic E-state index is 11.1. The highest BCUT2D eigenvalue weighted by atomic mass is 35.5. The minimum absolute atomic E-state index is 0.232. The summed E-state index contributed by atoms with van der Waals surface area (Å²) in [6.45, 7) is 4.79. The fourth-order valence-electron chi connectivity index (χ4n) is 1.09. The van der Waals surface area contributed by atoms with Gasteiger partial charge in [-0.3, -0.25) is 0 Å². The van der Waals surface area contributed by atoms with Crippen molar-refractivity contribution in [3.8, 4) is 5.75 Å². The Hall–Kier alpha value is -1.68. The van der Waals surface area contributed by atoms with Crippen LogP contribution < -0.4 is 15.4 Å². The second kappa shape index (κ2) is 7.57. The molecule has 1 aromatic carbocycles. The molecular formula is C12H15ClN2O2. The number of rotatable bonds is 6. The molecule has 0 saturated heterocycles. The average Bonchev–Trinajstić information content (AvgIpc) is 2.34. The zero-order valence-corrected chi connectivity index (χ0v) is 10.2. The normalized spacial score (nSPS) is 9.47. The zero-order chi connectivity index (χ0) is 12.5. The SMILES string of the molecule is C=CCNC(=O)NCCOc1ccc(Cl)cc1. The summed E-state index contributed by atoms with van der Waals surface area (Å²) in [5.74, 6) is 0.725. The molecule has 17 heavy (non-hydrogen) atoms. The summed E-state index contributed by atoms with van der Waals surface area (Å²) in [6.07, 6.45) is 1.61. The largest absolute Gasteiger partial charge is 0.492 e. The minimum atomic E-state index is -0.232. The van der Waals surface area contributed by atoms with E-state index in [1.165, 1.54) is 0 Å². The van der Waals surface area contributed by atoms with Crippen molar-refractivity contribution in [2.75, 3.05) is 19.7 Å². The number of hydrogen-bond acceptors (Lipinski definition) is 2. The Morgan fingerprint density at radius 2 is 2.06 bits per heavy atom. The molecule has 0 aliphatic heterocycles. The van der Waals surface area contributed by atoms with Crippen molar-refractivity contribution in [3.05, 3.63) is 41.9 Å². The molecule has 2 amide bonds. The van der Waals surface area contributed by atoms with Crippen LogP contribution in [0.3, 0.4) is 0 Å². The Morgan fingerprint density at radius 3 is 2.71 bits per heavy atom. The van der Waals surface area contributed by atoms with E-state index in [1.54, 1.807) is 30.3 Å². The van der Waals surface area contributed by atoms with Crippen LogP contribution in [0.4, 0.5) is 4.79 Å². The maximum absolute atomic E-state index is 11.1. The summed E-state index contributed by atoms with van der Waals surface area (Å²) in [4.78, 5) is 11.1. The summed E-state index contributed by atoms with van der Waals surface area (Å²) in [6, 6.07) is 6.83. The van der Waals surface area contributed by atoms with E-state index in [-0.39, 0.29) is 6.03 Å². The quantitative estimate of drug-likeness (QED) is 0.604. The zero-order valence-electron chi connectivity index (χ0n) is 9.41. The van der Waals surface area contributed by atoms with Gasteiger partial charge in [0.25, 0.3) is 0 Å². The number of halogens is 1. The molecule has 0 aromatic heterocycles. The summed E-state index contributed by atoms with van der Waals surface area (Å²) < 4.78 is 5.39. The van der Waals surface area contributed by atoms with Crippen molar-refractivity contribution in [3.63, 3.8) is 0 Å². The number of amides is 2. The first-order valence-corrected chi connectivity index (χ1v) is 5.61. The molecule has 0 unspecified atom stereocenters. The van der Waals surface area contributed by atoms with Gasteiger partial charge in [-0.15, -0.1) is 6.58 Å². The molecule has 0 bridgehead atoms. The molecule has 0 fully saturated rings. The van der Waals surface area contributed by atoms with Gasteiger partial charge in [-0.25, -0.2) is 4.79 Å². The molecule has 4 nitrogen and oxygen atoms in total. The van der Waals surface area contributed by atoms with Crippen molar-refractivity contribution in [1.29, 1.82) is 0 Å². The molecule has 0 atom stereocenters. The van der Waals surface area contributed by atoms with E-state index in [0.717, 1.165) is 5.75 Å². The summed E-state index contributed by atoms with van der Waals surface area (Å²) in [5.41, 5.74) is 0. The molecule has 1 rings (SSSR count). The van der Waals surface area contributed by atoms with Crippen LogP contribution in [0.2, 0.25) is 5.02 Å². The van der Waals surface area contributed by atoms with Crippen LogP contribution >= 0.6 is 11.6 Å². The van der Waals surface area contributed by atoms with E-state index in [9.17, 15) is 4.79 Å². The van der Waals surface area contributed by atoms with Crippen LogP contribution in [0.5, 0.6) is 5.75 Å². The van der Waals surface area contributed by atoms with Gasteiger partial charge in [0, 0.05) is 11.6 Å². The molecule has 0 spiro atoms. The predicted molar refractivity (Wildman–Crippen MR) is 68.5 cm³/mol. The third kappa shape index (κ3) is 5.82. The number of ether oxygens (including phenoxy) is 1. The van der Waals surface area contributed by atoms with Crippen molar-refractivity contribution in [2.45, 2.75) is 0 Å².